The Morgan fingerprint density at radius 2 is 0.787 bits per heavy atom. The highest BCUT2D eigenvalue weighted by Crippen LogP contribution is 2.53. The zero-order chi connectivity index (χ0) is 41.4. The highest BCUT2D eigenvalue weighted by atomic mass is 15.2. The molecular formula is C58H47N3. The van der Waals surface area contributed by atoms with Gasteiger partial charge in [0.05, 0.1) is 11.4 Å². The summed E-state index contributed by atoms with van der Waals surface area (Å²) in [6, 6.07) is 72.1. The second-order valence-electron chi connectivity index (χ2n) is 17.6. The third-order valence-corrected chi connectivity index (χ3v) is 12.7. The zero-order valence-corrected chi connectivity index (χ0v) is 35.3. The van der Waals surface area contributed by atoms with Crippen LogP contribution < -0.4 is 14.7 Å². The Kier molecular flexibility index (Phi) is 8.51. The summed E-state index contributed by atoms with van der Waals surface area (Å²) in [4.78, 5) is 7.40. The average Bonchev–Trinajstić information content (AvgIpc) is 3.28. The fourth-order valence-electron chi connectivity index (χ4n) is 9.55. The van der Waals surface area contributed by atoms with Crippen LogP contribution in [-0.2, 0) is 5.41 Å². The maximum Gasteiger partial charge on any atom is 0.0561 e. The average molecular weight is 786 g/mol. The molecule has 0 amide bonds. The Labute approximate surface area is 358 Å². The predicted molar refractivity (Wildman–Crippen MR) is 261 cm³/mol. The van der Waals surface area contributed by atoms with Gasteiger partial charge in [0.2, 0.25) is 0 Å². The van der Waals surface area contributed by atoms with Crippen molar-refractivity contribution in [3.8, 4) is 11.1 Å². The number of aryl methyl sites for hydroxylation is 2. The first-order chi connectivity index (χ1) is 29.7. The van der Waals surface area contributed by atoms with Crippen molar-refractivity contribution in [3.05, 3.63) is 211 Å². The highest BCUT2D eigenvalue weighted by molar-refractivity contribution is 6.29. The van der Waals surface area contributed by atoms with Gasteiger partial charge in [0, 0.05) is 56.0 Å². The lowest BCUT2D eigenvalue weighted by Crippen LogP contribution is -2.18. The van der Waals surface area contributed by atoms with Gasteiger partial charge in [-0.3, -0.25) is 0 Å². The molecule has 0 radical (unpaired) electrons. The molecule has 61 heavy (non-hydrogen) atoms. The molecule has 0 unspecified atom stereocenters. The molecule has 0 aliphatic carbocycles. The Hall–Kier alpha value is -7.36. The largest absolute Gasteiger partial charge is 0.310 e. The minimum Gasteiger partial charge on any atom is -0.310 e. The quantitative estimate of drug-likeness (QED) is 0.165. The van der Waals surface area contributed by atoms with Crippen LogP contribution in [0, 0.1) is 13.8 Å². The monoisotopic (exact) mass is 785 g/mol. The highest BCUT2D eigenvalue weighted by Gasteiger charge is 2.28. The van der Waals surface area contributed by atoms with Crippen molar-refractivity contribution in [1.29, 1.82) is 0 Å². The van der Waals surface area contributed by atoms with Crippen LogP contribution in [0.25, 0.3) is 43.4 Å². The van der Waals surface area contributed by atoms with Gasteiger partial charge >= 0.3 is 0 Å². The van der Waals surface area contributed by atoms with Crippen molar-refractivity contribution < 1.29 is 0 Å². The van der Waals surface area contributed by atoms with Crippen LogP contribution in [0.1, 0.15) is 37.5 Å². The Morgan fingerprint density at radius 1 is 0.328 bits per heavy atom. The molecular weight excluding hydrogens is 739 g/mol. The second kappa shape index (κ2) is 14.1. The molecule has 3 heteroatoms. The Balaban J connectivity index is 1.27. The van der Waals surface area contributed by atoms with E-state index in [0.717, 1.165) is 51.2 Å². The first kappa shape index (κ1) is 36.7. The lowest BCUT2D eigenvalue weighted by molar-refractivity contribution is 0.591. The summed E-state index contributed by atoms with van der Waals surface area (Å²) in [6.45, 7) is 11.4. The van der Waals surface area contributed by atoms with E-state index in [2.05, 4.69) is 243 Å². The van der Waals surface area contributed by atoms with E-state index in [1.165, 1.54) is 60.1 Å². The standard InChI is InChI=1S/C58H47N3/c1-38-15-9-11-23-52(38)60-48-21-13-19-46(35-48)59(45-29-25-41(26-30-45)40-17-7-6-8-18-40)47-20-14-22-49(36-47)61(53-24-12-10-16-39(53)2)55-37-54(60)50-31-27-42-33-44(58(3,4)5)34-43-28-32-51(55)57(50)56(42)43/h6-37H,1-5H3. The van der Waals surface area contributed by atoms with Crippen LogP contribution in [0.4, 0.5) is 51.2 Å². The first-order valence-corrected chi connectivity index (χ1v) is 21.3. The normalized spacial score (nSPS) is 12.9. The molecule has 0 saturated carbocycles. The van der Waals surface area contributed by atoms with E-state index < -0.39 is 0 Å². The summed E-state index contributed by atoms with van der Waals surface area (Å²) < 4.78 is 0. The predicted octanol–water partition coefficient (Wildman–Crippen LogP) is 16.9. The Bertz CT molecular complexity index is 3100. The van der Waals surface area contributed by atoms with E-state index >= 15 is 0 Å². The Morgan fingerprint density at radius 3 is 1.28 bits per heavy atom. The molecule has 0 fully saturated rings. The summed E-state index contributed by atoms with van der Waals surface area (Å²) in [5.74, 6) is 0. The van der Waals surface area contributed by atoms with E-state index in [0.29, 0.717) is 0 Å². The molecule has 0 aromatic heterocycles. The van der Waals surface area contributed by atoms with Gasteiger partial charge in [-0.25, -0.2) is 0 Å². The van der Waals surface area contributed by atoms with Crippen LogP contribution >= 0.6 is 0 Å². The summed E-state index contributed by atoms with van der Waals surface area (Å²) in [7, 11) is 0. The molecule has 6 bridgehead atoms. The van der Waals surface area contributed by atoms with E-state index in [9.17, 15) is 0 Å². The number of benzene rings is 10. The number of rotatable bonds is 4. The van der Waals surface area contributed by atoms with Gasteiger partial charge in [0.25, 0.3) is 0 Å². The van der Waals surface area contributed by atoms with Crippen molar-refractivity contribution in [1.82, 2.24) is 0 Å². The van der Waals surface area contributed by atoms with Gasteiger partial charge in [-0.2, -0.15) is 0 Å². The fourth-order valence-corrected chi connectivity index (χ4v) is 9.55. The van der Waals surface area contributed by atoms with Crippen molar-refractivity contribution >= 4 is 83.5 Å². The third-order valence-electron chi connectivity index (χ3n) is 12.7. The summed E-state index contributed by atoms with van der Waals surface area (Å²) >= 11 is 0. The molecule has 11 rings (SSSR count). The van der Waals surface area contributed by atoms with E-state index in [1.807, 2.05) is 0 Å². The van der Waals surface area contributed by atoms with Crippen LogP contribution in [0.15, 0.2) is 194 Å². The lowest BCUT2D eigenvalue weighted by Gasteiger charge is -2.35. The lowest BCUT2D eigenvalue weighted by atomic mass is 9.83. The van der Waals surface area contributed by atoms with Gasteiger partial charge in [-0.1, -0.05) is 148 Å². The second-order valence-corrected chi connectivity index (χ2v) is 17.6. The van der Waals surface area contributed by atoms with Gasteiger partial charge in [-0.15, -0.1) is 0 Å². The number of nitrogens with zero attached hydrogens (tertiary/aromatic N) is 3. The molecule has 1 aliphatic heterocycles. The topological polar surface area (TPSA) is 9.72 Å². The van der Waals surface area contributed by atoms with E-state index in [1.54, 1.807) is 0 Å². The van der Waals surface area contributed by atoms with E-state index in [-0.39, 0.29) is 5.41 Å². The zero-order valence-electron chi connectivity index (χ0n) is 35.3. The van der Waals surface area contributed by atoms with Crippen LogP contribution in [0.5, 0.6) is 0 Å². The molecule has 10 aromatic rings. The molecule has 1 aliphatic rings. The third kappa shape index (κ3) is 6.11. The molecule has 0 spiro atoms. The van der Waals surface area contributed by atoms with Gasteiger partial charge in [-0.05, 0) is 130 Å². The number of fused-ring (bicyclic) bond motifs is 8. The molecule has 1 heterocycles. The number of hydrogen-bond donors (Lipinski definition) is 0. The van der Waals surface area contributed by atoms with Crippen molar-refractivity contribution in [2.24, 2.45) is 0 Å². The molecule has 294 valence electrons. The maximum atomic E-state index is 2.50. The molecule has 10 aromatic carbocycles. The van der Waals surface area contributed by atoms with Crippen LogP contribution in [0.2, 0.25) is 0 Å². The van der Waals surface area contributed by atoms with Crippen LogP contribution in [-0.4, -0.2) is 0 Å². The molecule has 0 atom stereocenters. The maximum absolute atomic E-state index is 2.50. The number of hydrogen-bond acceptors (Lipinski definition) is 3. The van der Waals surface area contributed by atoms with Crippen molar-refractivity contribution in [3.63, 3.8) is 0 Å². The van der Waals surface area contributed by atoms with Crippen LogP contribution in [0.3, 0.4) is 0 Å². The van der Waals surface area contributed by atoms with Gasteiger partial charge in [0.15, 0.2) is 0 Å². The van der Waals surface area contributed by atoms with Crippen molar-refractivity contribution in [2.75, 3.05) is 14.7 Å². The van der Waals surface area contributed by atoms with E-state index in [4.69, 9.17) is 0 Å². The van der Waals surface area contributed by atoms with Gasteiger partial charge in [0.1, 0.15) is 0 Å². The minimum atomic E-state index is 0.0195. The van der Waals surface area contributed by atoms with Gasteiger partial charge < -0.3 is 14.7 Å². The number of para-hydroxylation sites is 2. The summed E-state index contributed by atoms with van der Waals surface area (Å²) in [5.41, 5.74) is 16.2. The fraction of sp³-hybridized carbons (Fsp3) is 0.103. The number of anilines is 9. The summed E-state index contributed by atoms with van der Waals surface area (Å²) in [6.07, 6.45) is 0. The molecule has 0 N–H and O–H groups in total. The SMILES string of the molecule is Cc1ccccc1N1c2cccc(c2)N(c2ccc(-c3ccccc3)cc2)c2cccc(c2)N(c2ccccc2C)c2cc1c1ccc3cc(C(C)(C)C)cc4ccc2c1c34. The molecule has 0 saturated heterocycles. The first-order valence-electron chi connectivity index (χ1n) is 21.3. The minimum absolute atomic E-state index is 0.0195. The smallest absolute Gasteiger partial charge is 0.0561 e. The molecule has 3 nitrogen and oxygen atoms in total. The van der Waals surface area contributed by atoms with Crippen molar-refractivity contribution in [2.45, 2.75) is 40.0 Å². The summed E-state index contributed by atoms with van der Waals surface area (Å²) in [5, 5.41) is 7.57.